The van der Waals surface area contributed by atoms with Crippen LogP contribution >= 0.6 is 0 Å². The molecule has 1 aliphatic carbocycles. The van der Waals surface area contributed by atoms with Crippen molar-refractivity contribution in [3.05, 3.63) is 47.0 Å². The normalized spacial score (nSPS) is 17.7. The van der Waals surface area contributed by atoms with Gasteiger partial charge in [0.15, 0.2) is 5.69 Å². The summed E-state index contributed by atoms with van der Waals surface area (Å²) in [6.45, 7) is 8.38. The first-order valence-electron chi connectivity index (χ1n) is 11.6. The van der Waals surface area contributed by atoms with Crippen molar-refractivity contribution in [1.82, 2.24) is 20.0 Å². The number of ether oxygens (including phenoxy) is 1. The van der Waals surface area contributed by atoms with E-state index in [1.165, 1.54) is 12.1 Å². The van der Waals surface area contributed by atoms with Crippen molar-refractivity contribution >= 4 is 5.91 Å². The zero-order valence-corrected chi connectivity index (χ0v) is 18.6. The molecule has 0 saturated carbocycles. The number of hydrogen-bond acceptors (Lipinski definition) is 4. The van der Waals surface area contributed by atoms with Gasteiger partial charge in [-0.25, -0.2) is 9.07 Å². The van der Waals surface area contributed by atoms with Crippen molar-refractivity contribution < 1.29 is 13.9 Å². The van der Waals surface area contributed by atoms with Crippen LogP contribution in [0, 0.1) is 11.7 Å². The number of morpholine rings is 1. The predicted octanol–water partition coefficient (Wildman–Crippen LogP) is 3.37. The Bertz CT molecular complexity index is 886. The quantitative estimate of drug-likeness (QED) is 0.700. The van der Waals surface area contributed by atoms with Crippen molar-refractivity contribution in [2.24, 2.45) is 5.92 Å². The number of benzene rings is 1. The van der Waals surface area contributed by atoms with E-state index in [-0.39, 0.29) is 11.7 Å². The summed E-state index contributed by atoms with van der Waals surface area (Å²) in [7, 11) is 0. The number of carbonyl (C=O) groups is 1. The molecule has 1 aromatic carbocycles. The molecule has 168 valence electrons. The van der Waals surface area contributed by atoms with Gasteiger partial charge in [0.2, 0.25) is 0 Å². The molecule has 1 aromatic heterocycles. The third-order valence-electron chi connectivity index (χ3n) is 6.80. The largest absolute Gasteiger partial charge is 0.379 e. The molecule has 31 heavy (non-hydrogen) atoms. The van der Waals surface area contributed by atoms with Crippen LogP contribution in [0.25, 0.3) is 5.69 Å². The summed E-state index contributed by atoms with van der Waals surface area (Å²) in [4.78, 5) is 15.7. The average molecular weight is 429 g/mol. The van der Waals surface area contributed by atoms with Gasteiger partial charge in [-0.15, -0.1) is 0 Å². The fraction of sp³-hybridized carbons (Fsp3) is 0.583. The lowest BCUT2D eigenvalue weighted by molar-refractivity contribution is 0.00190. The molecule has 0 spiro atoms. The van der Waals surface area contributed by atoms with Crippen LogP contribution in [0.3, 0.4) is 0 Å². The lowest BCUT2D eigenvalue weighted by Crippen LogP contribution is -2.52. The Morgan fingerprint density at radius 2 is 1.87 bits per heavy atom. The summed E-state index contributed by atoms with van der Waals surface area (Å²) in [5.41, 5.74) is 3.41. The lowest BCUT2D eigenvalue weighted by atomic mass is 9.92. The maximum absolute atomic E-state index is 13.4. The van der Waals surface area contributed by atoms with E-state index < -0.39 is 0 Å². The number of amides is 1. The molecule has 7 heteroatoms. The van der Waals surface area contributed by atoms with Gasteiger partial charge >= 0.3 is 0 Å². The minimum absolute atomic E-state index is 0.108. The monoisotopic (exact) mass is 428 g/mol. The third-order valence-corrected chi connectivity index (χ3v) is 6.80. The van der Waals surface area contributed by atoms with Gasteiger partial charge in [0.25, 0.3) is 5.91 Å². The molecule has 1 aliphatic heterocycles. The minimum atomic E-state index is -0.277. The number of halogens is 1. The van der Waals surface area contributed by atoms with Crippen molar-refractivity contribution in [2.45, 2.75) is 52.0 Å². The first-order valence-corrected chi connectivity index (χ1v) is 11.6. The fourth-order valence-corrected chi connectivity index (χ4v) is 5.03. The van der Waals surface area contributed by atoms with Crippen molar-refractivity contribution in [2.75, 3.05) is 32.8 Å². The Balaban J connectivity index is 1.52. The van der Waals surface area contributed by atoms with Crippen molar-refractivity contribution in [3.63, 3.8) is 0 Å². The highest BCUT2D eigenvalue weighted by molar-refractivity contribution is 5.94. The topological polar surface area (TPSA) is 59.4 Å². The van der Waals surface area contributed by atoms with E-state index in [4.69, 9.17) is 4.74 Å². The second-order valence-electron chi connectivity index (χ2n) is 8.52. The highest BCUT2D eigenvalue weighted by atomic mass is 19.1. The second-order valence-corrected chi connectivity index (χ2v) is 8.52. The van der Waals surface area contributed by atoms with E-state index in [1.807, 2.05) is 4.68 Å². The van der Waals surface area contributed by atoms with Gasteiger partial charge in [-0.05, 0) is 49.4 Å². The number of aromatic nitrogens is 2. The predicted molar refractivity (Wildman–Crippen MR) is 118 cm³/mol. The average Bonchev–Trinajstić information content (AvgIpc) is 3.41. The van der Waals surface area contributed by atoms with Gasteiger partial charge in [0.05, 0.1) is 18.9 Å². The first-order chi connectivity index (χ1) is 15.1. The molecule has 2 aliphatic rings. The molecule has 1 unspecified atom stereocenters. The summed E-state index contributed by atoms with van der Waals surface area (Å²) in [6, 6.07) is 6.59. The first kappa shape index (κ1) is 22.0. The van der Waals surface area contributed by atoms with Crippen LogP contribution in [0.5, 0.6) is 0 Å². The van der Waals surface area contributed by atoms with Crippen LogP contribution in [0.15, 0.2) is 24.3 Å². The van der Waals surface area contributed by atoms with E-state index in [0.29, 0.717) is 24.2 Å². The Morgan fingerprint density at radius 3 is 2.55 bits per heavy atom. The SMILES string of the molecule is CCC(CC)C(CNC(=O)c1nn(-c2ccc(F)cc2)c2c1CCC2)N1CCOCC1. The molecule has 2 aromatic rings. The Kier molecular flexibility index (Phi) is 7.02. The number of nitrogens with zero attached hydrogens (tertiary/aromatic N) is 3. The molecule has 6 nitrogen and oxygen atoms in total. The van der Waals surface area contributed by atoms with Crippen LogP contribution in [-0.2, 0) is 17.6 Å². The van der Waals surface area contributed by atoms with Gasteiger partial charge in [-0.1, -0.05) is 26.7 Å². The molecular weight excluding hydrogens is 395 g/mol. The number of fused-ring (bicyclic) bond motifs is 1. The van der Waals surface area contributed by atoms with Crippen molar-refractivity contribution in [3.8, 4) is 5.69 Å². The molecule has 1 amide bonds. The molecule has 0 radical (unpaired) electrons. The molecule has 1 fully saturated rings. The highest BCUT2D eigenvalue weighted by Gasteiger charge is 2.30. The van der Waals surface area contributed by atoms with Gasteiger partial charge < -0.3 is 10.1 Å². The summed E-state index contributed by atoms with van der Waals surface area (Å²) >= 11 is 0. The lowest BCUT2D eigenvalue weighted by Gasteiger charge is -2.38. The fourth-order valence-electron chi connectivity index (χ4n) is 5.03. The summed E-state index contributed by atoms with van der Waals surface area (Å²) in [5.74, 6) is 0.144. The van der Waals surface area contributed by atoms with E-state index in [2.05, 4.69) is 29.2 Å². The maximum atomic E-state index is 13.4. The zero-order valence-electron chi connectivity index (χ0n) is 18.6. The second kappa shape index (κ2) is 9.92. The van der Waals surface area contributed by atoms with Gasteiger partial charge in [0, 0.05) is 36.9 Å². The Morgan fingerprint density at radius 1 is 1.16 bits per heavy atom. The van der Waals surface area contributed by atoms with E-state index >= 15 is 0 Å². The van der Waals surface area contributed by atoms with Crippen LogP contribution in [0.1, 0.15) is 54.9 Å². The van der Waals surface area contributed by atoms with E-state index in [9.17, 15) is 9.18 Å². The van der Waals surface area contributed by atoms with Gasteiger partial charge in [-0.3, -0.25) is 9.69 Å². The van der Waals surface area contributed by atoms with Crippen LogP contribution in [0.2, 0.25) is 0 Å². The zero-order chi connectivity index (χ0) is 21.8. The Hall–Kier alpha value is -2.25. The third kappa shape index (κ3) is 4.67. The standard InChI is InChI=1S/C24H33FN4O2/c1-3-17(4-2)22(28-12-14-31-15-13-28)16-26-24(30)23-20-6-5-7-21(20)29(27-23)19-10-8-18(25)9-11-19/h8-11,17,22H,3-7,12-16H2,1-2H3,(H,26,30). The molecule has 1 N–H and O–H groups in total. The summed E-state index contributed by atoms with van der Waals surface area (Å²) in [5, 5.41) is 7.85. The van der Waals surface area contributed by atoms with E-state index in [1.54, 1.807) is 12.1 Å². The number of hydrogen-bond donors (Lipinski definition) is 1. The van der Waals surface area contributed by atoms with Crippen molar-refractivity contribution in [1.29, 1.82) is 0 Å². The maximum Gasteiger partial charge on any atom is 0.272 e. The van der Waals surface area contributed by atoms with Gasteiger partial charge in [-0.2, -0.15) is 5.10 Å². The molecule has 2 heterocycles. The van der Waals surface area contributed by atoms with Crippen LogP contribution in [-0.4, -0.2) is 59.5 Å². The smallest absolute Gasteiger partial charge is 0.272 e. The number of rotatable bonds is 8. The highest BCUT2D eigenvalue weighted by Crippen LogP contribution is 2.28. The summed E-state index contributed by atoms with van der Waals surface area (Å²) in [6.07, 6.45) is 4.93. The van der Waals surface area contributed by atoms with E-state index in [0.717, 1.165) is 75.4 Å². The molecule has 0 bridgehead atoms. The Labute approximate surface area is 183 Å². The van der Waals surface area contributed by atoms with Gasteiger partial charge in [0.1, 0.15) is 5.82 Å². The minimum Gasteiger partial charge on any atom is -0.379 e. The number of carbonyl (C=O) groups excluding carboxylic acids is 1. The molecule has 4 rings (SSSR count). The van der Waals surface area contributed by atoms with Crippen LogP contribution in [0.4, 0.5) is 4.39 Å². The molecule has 1 saturated heterocycles. The number of nitrogens with one attached hydrogen (secondary N) is 1. The van der Waals surface area contributed by atoms with Crippen LogP contribution < -0.4 is 5.32 Å². The molecule has 1 atom stereocenters. The molecular formula is C24H33FN4O2. The summed E-state index contributed by atoms with van der Waals surface area (Å²) < 4.78 is 20.7.